The Morgan fingerprint density at radius 3 is 2.27 bits per heavy atom. The Morgan fingerprint density at radius 1 is 1.45 bits per heavy atom. The van der Waals surface area contributed by atoms with E-state index in [1.54, 1.807) is 0 Å². The van der Waals surface area contributed by atoms with Crippen molar-refractivity contribution in [3.8, 4) is 0 Å². The van der Waals surface area contributed by atoms with Crippen molar-refractivity contribution >= 4 is 0 Å². The number of hydrogen-bond acceptors (Lipinski definition) is 1. The smallest absolute Gasteiger partial charge is 0.00978 e. The van der Waals surface area contributed by atoms with Gasteiger partial charge >= 0.3 is 0 Å². The average molecular weight is 155 g/mol. The maximum atomic E-state index is 3.55. The van der Waals surface area contributed by atoms with Crippen LogP contribution in [0.3, 0.4) is 0 Å². The van der Waals surface area contributed by atoms with Gasteiger partial charge in [-0.2, -0.15) is 0 Å². The lowest BCUT2D eigenvalue weighted by Gasteiger charge is -2.17. The molecule has 1 aliphatic rings. The molecule has 2 atom stereocenters. The molecule has 1 nitrogen and oxygen atoms in total. The lowest BCUT2D eigenvalue weighted by atomic mass is 10.0. The van der Waals surface area contributed by atoms with Crippen LogP contribution in [0.4, 0.5) is 0 Å². The van der Waals surface area contributed by atoms with Crippen LogP contribution in [0.2, 0.25) is 0 Å². The fraction of sp³-hybridized carbons (Fsp3) is 1.00. The van der Waals surface area contributed by atoms with Crippen LogP contribution >= 0.6 is 0 Å². The van der Waals surface area contributed by atoms with Crippen molar-refractivity contribution in [2.75, 3.05) is 6.54 Å². The van der Waals surface area contributed by atoms with Crippen LogP contribution in [0.5, 0.6) is 0 Å². The van der Waals surface area contributed by atoms with Gasteiger partial charge in [0.15, 0.2) is 0 Å². The van der Waals surface area contributed by atoms with Gasteiger partial charge in [-0.1, -0.05) is 27.7 Å². The van der Waals surface area contributed by atoms with E-state index in [0.717, 1.165) is 18.5 Å². The van der Waals surface area contributed by atoms with Crippen molar-refractivity contribution in [3.63, 3.8) is 0 Å². The summed E-state index contributed by atoms with van der Waals surface area (Å²) < 4.78 is 0. The second-order valence-corrected chi connectivity index (χ2v) is 4.37. The minimum Gasteiger partial charge on any atom is -0.314 e. The Balaban J connectivity index is 2.33. The highest BCUT2D eigenvalue weighted by molar-refractivity contribution is 5.01. The Kier molecular flexibility index (Phi) is 2.58. The summed E-state index contributed by atoms with van der Waals surface area (Å²) in [4.78, 5) is 0. The summed E-state index contributed by atoms with van der Waals surface area (Å²) in [6.45, 7) is 10.3. The molecular formula is C10H21N. The molecule has 1 aliphatic carbocycles. The molecule has 66 valence electrons. The van der Waals surface area contributed by atoms with Crippen molar-refractivity contribution in [1.29, 1.82) is 0 Å². The summed E-state index contributed by atoms with van der Waals surface area (Å²) in [6.07, 6.45) is 2.69. The molecule has 0 radical (unpaired) electrons. The summed E-state index contributed by atoms with van der Waals surface area (Å²) in [7, 11) is 0. The molecule has 1 saturated carbocycles. The maximum absolute atomic E-state index is 3.55. The zero-order valence-electron chi connectivity index (χ0n) is 8.28. The van der Waals surface area contributed by atoms with Crippen molar-refractivity contribution in [3.05, 3.63) is 0 Å². The molecule has 1 heteroatoms. The predicted molar refractivity (Wildman–Crippen MR) is 49.6 cm³/mol. The first-order valence-electron chi connectivity index (χ1n) is 4.85. The van der Waals surface area contributed by atoms with E-state index in [1.165, 1.54) is 12.8 Å². The molecule has 0 bridgehead atoms. The summed E-state index contributed by atoms with van der Waals surface area (Å²) in [5.74, 6) is 0.937. The molecule has 2 unspecified atom stereocenters. The van der Waals surface area contributed by atoms with Gasteiger partial charge in [0.2, 0.25) is 0 Å². The zero-order chi connectivity index (χ0) is 8.48. The topological polar surface area (TPSA) is 12.0 Å². The van der Waals surface area contributed by atoms with Crippen molar-refractivity contribution in [2.24, 2.45) is 11.3 Å². The highest BCUT2D eigenvalue weighted by atomic mass is 14.9. The van der Waals surface area contributed by atoms with E-state index in [2.05, 4.69) is 33.0 Å². The lowest BCUT2D eigenvalue weighted by Crippen LogP contribution is -2.31. The summed E-state index contributed by atoms with van der Waals surface area (Å²) in [6, 6.07) is 0.773. The van der Waals surface area contributed by atoms with E-state index < -0.39 is 0 Å². The van der Waals surface area contributed by atoms with Gasteiger partial charge in [0, 0.05) is 6.04 Å². The quantitative estimate of drug-likeness (QED) is 0.657. The van der Waals surface area contributed by atoms with Gasteiger partial charge in [0.05, 0.1) is 0 Å². The largest absolute Gasteiger partial charge is 0.314 e. The second kappa shape index (κ2) is 3.14. The summed E-state index contributed by atoms with van der Waals surface area (Å²) in [5, 5.41) is 3.55. The second-order valence-electron chi connectivity index (χ2n) is 4.37. The number of nitrogens with one attached hydrogen (secondary N) is 1. The van der Waals surface area contributed by atoms with Crippen LogP contribution in [-0.4, -0.2) is 12.6 Å². The normalized spacial score (nSPS) is 30.0. The van der Waals surface area contributed by atoms with Crippen LogP contribution in [0, 0.1) is 11.3 Å². The van der Waals surface area contributed by atoms with Crippen LogP contribution in [0.15, 0.2) is 0 Å². The van der Waals surface area contributed by atoms with Crippen LogP contribution < -0.4 is 5.32 Å². The molecule has 1 N–H and O–H groups in total. The first kappa shape index (κ1) is 9.05. The van der Waals surface area contributed by atoms with Gasteiger partial charge in [0.1, 0.15) is 0 Å². The highest BCUT2D eigenvalue weighted by Crippen LogP contribution is 2.53. The predicted octanol–water partition coefficient (Wildman–Crippen LogP) is 2.42. The van der Waals surface area contributed by atoms with Crippen molar-refractivity contribution < 1.29 is 0 Å². The zero-order valence-corrected chi connectivity index (χ0v) is 8.28. The first-order chi connectivity index (χ1) is 5.11. The maximum Gasteiger partial charge on any atom is 0.00978 e. The molecule has 1 rings (SSSR count). The molecule has 0 amide bonds. The Hall–Kier alpha value is -0.0400. The van der Waals surface area contributed by atoms with Gasteiger partial charge in [0.25, 0.3) is 0 Å². The van der Waals surface area contributed by atoms with E-state index in [1.807, 2.05) is 0 Å². The fourth-order valence-electron chi connectivity index (χ4n) is 2.03. The number of hydrogen-bond donors (Lipinski definition) is 1. The summed E-state index contributed by atoms with van der Waals surface area (Å²) in [5.41, 5.74) is 0.628. The van der Waals surface area contributed by atoms with E-state index in [4.69, 9.17) is 0 Å². The van der Waals surface area contributed by atoms with E-state index >= 15 is 0 Å². The molecule has 0 aliphatic heterocycles. The molecular weight excluding hydrogens is 134 g/mol. The SMILES string of the molecule is CCNC(CC)C1CC1(C)C. The highest BCUT2D eigenvalue weighted by Gasteiger charge is 2.48. The molecule has 1 fully saturated rings. The minimum atomic E-state index is 0.628. The monoisotopic (exact) mass is 155 g/mol. The molecule has 0 heterocycles. The van der Waals surface area contributed by atoms with Gasteiger partial charge in [-0.25, -0.2) is 0 Å². The third-order valence-electron chi connectivity index (χ3n) is 2.98. The van der Waals surface area contributed by atoms with E-state index in [0.29, 0.717) is 5.41 Å². The molecule has 11 heavy (non-hydrogen) atoms. The Labute approximate surface area is 70.6 Å². The standard InChI is InChI=1S/C10H21N/c1-5-9(11-6-2)8-7-10(8,3)4/h8-9,11H,5-7H2,1-4H3. The van der Waals surface area contributed by atoms with Gasteiger partial charge in [-0.15, -0.1) is 0 Å². The molecule has 0 aromatic rings. The summed E-state index contributed by atoms with van der Waals surface area (Å²) >= 11 is 0. The van der Waals surface area contributed by atoms with Gasteiger partial charge < -0.3 is 5.32 Å². The molecule has 0 aromatic carbocycles. The fourth-order valence-corrected chi connectivity index (χ4v) is 2.03. The van der Waals surface area contributed by atoms with Crippen LogP contribution in [0.1, 0.15) is 40.5 Å². The molecule has 0 aromatic heterocycles. The Bertz CT molecular complexity index is 129. The Morgan fingerprint density at radius 2 is 2.00 bits per heavy atom. The number of rotatable bonds is 4. The third kappa shape index (κ3) is 1.96. The first-order valence-corrected chi connectivity index (χ1v) is 4.85. The van der Waals surface area contributed by atoms with Crippen molar-refractivity contribution in [2.45, 2.75) is 46.6 Å². The van der Waals surface area contributed by atoms with Gasteiger partial charge in [-0.3, -0.25) is 0 Å². The van der Waals surface area contributed by atoms with E-state index in [9.17, 15) is 0 Å². The van der Waals surface area contributed by atoms with Crippen LogP contribution in [0.25, 0.3) is 0 Å². The van der Waals surface area contributed by atoms with Crippen molar-refractivity contribution in [1.82, 2.24) is 5.32 Å². The van der Waals surface area contributed by atoms with Gasteiger partial charge in [-0.05, 0) is 30.7 Å². The molecule has 0 saturated heterocycles. The van der Waals surface area contributed by atoms with E-state index in [-0.39, 0.29) is 0 Å². The van der Waals surface area contributed by atoms with Crippen LogP contribution in [-0.2, 0) is 0 Å². The lowest BCUT2D eigenvalue weighted by molar-refractivity contribution is 0.402. The average Bonchev–Trinajstić information content (AvgIpc) is 2.55. The third-order valence-corrected chi connectivity index (χ3v) is 2.98. The minimum absolute atomic E-state index is 0.628. The molecule has 0 spiro atoms.